The summed E-state index contributed by atoms with van der Waals surface area (Å²) in [5.74, 6) is -0.555. The zero-order chi connectivity index (χ0) is 19.0. The number of halogens is 2. The van der Waals surface area contributed by atoms with E-state index >= 15 is 0 Å². The Kier molecular flexibility index (Phi) is 5.27. The van der Waals surface area contributed by atoms with Crippen molar-refractivity contribution in [1.82, 2.24) is 9.88 Å². The fourth-order valence-corrected chi connectivity index (χ4v) is 4.96. The Labute approximate surface area is 160 Å². The van der Waals surface area contributed by atoms with E-state index in [1.165, 1.54) is 17.4 Å². The van der Waals surface area contributed by atoms with Crippen LogP contribution in [-0.4, -0.2) is 55.7 Å². The molecule has 0 N–H and O–H groups in total. The van der Waals surface area contributed by atoms with Crippen LogP contribution >= 0.6 is 11.3 Å². The molecule has 2 saturated heterocycles. The summed E-state index contributed by atoms with van der Waals surface area (Å²) >= 11 is 1.33. The number of ether oxygens (including phenoxy) is 1. The second-order valence-corrected chi connectivity index (χ2v) is 8.45. The lowest BCUT2D eigenvalue weighted by atomic mass is 9.96. The van der Waals surface area contributed by atoms with Gasteiger partial charge in [0.05, 0.1) is 17.2 Å². The molecule has 2 aromatic rings. The molecule has 0 bridgehead atoms. The molecular weight excluding hydrogens is 372 g/mol. The number of fused-ring (bicyclic) bond motifs is 1. The second-order valence-electron chi connectivity index (χ2n) is 7.44. The lowest BCUT2D eigenvalue weighted by Gasteiger charge is -2.34. The summed E-state index contributed by atoms with van der Waals surface area (Å²) in [5.41, 5.74) is 0.239. The minimum absolute atomic E-state index is 0.00753. The molecule has 146 valence electrons. The molecule has 2 aliphatic heterocycles. The Morgan fingerprint density at radius 2 is 2.11 bits per heavy atom. The number of hydrogen-bond acceptors (Lipinski definition) is 5. The molecule has 2 aliphatic rings. The maximum Gasteiger partial charge on any atom is 0.227 e. The van der Waals surface area contributed by atoms with Gasteiger partial charge in [0.1, 0.15) is 11.3 Å². The smallest absolute Gasteiger partial charge is 0.227 e. The maximum atomic E-state index is 13.9. The minimum atomic E-state index is -0.613. The molecule has 5 nitrogen and oxygen atoms in total. The molecule has 0 saturated carbocycles. The van der Waals surface area contributed by atoms with Gasteiger partial charge in [-0.2, -0.15) is 0 Å². The van der Waals surface area contributed by atoms with Crippen LogP contribution < -0.4 is 4.90 Å². The van der Waals surface area contributed by atoms with E-state index in [4.69, 9.17) is 4.74 Å². The molecule has 8 heteroatoms. The fourth-order valence-electron chi connectivity index (χ4n) is 3.91. The number of piperidine rings is 1. The number of thiazole rings is 1. The Morgan fingerprint density at radius 3 is 2.81 bits per heavy atom. The van der Waals surface area contributed by atoms with Crippen LogP contribution in [0.5, 0.6) is 0 Å². The van der Waals surface area contributed by atoms with Crippen molar-refractivity contribution in [2.75, 3.05) is 44.8 Å². The first-order valence-corrected chi connectivity index (χ1v) is 10.2. The number of aromatic nitrogens is 1. The number of amides is 1. The largest absolute Gasteiger partial charge is 0.381 e. The van der Waals surface area contributed by atoms with Gasteiger partial charge < -0.3 is 14.5 Å². The van der Waals surface area contributed by atoms with E-state index in [0.29, 0.717) is 23.8 Å². The Hall–Kier alpha value is -1.80. The van der Waals surface area contributed by atoms with Crippen molar-refractivity contribution in [2.24, 2.45) is 11.8 Å². The van der Waals surface area contributed by atoms with Crippen LogP contribution in [0, 0.1) is 23.5 Å². The van der Waals surface area contributed by atoms with Gasteiger partial charge in [0.15, 0.2) is 10.9 Å². The van der Waals surface area contributed by atoms with Crippen molar-refractivity contribution in [3.05, 3.63) is 23.8 Å². The minimum Gasteiger partial charge on any atom is -0.381 e. The molecule has 1 aromatic heterocycles. The number of carbonyl (C=O) groups excluding carboxylic acids is 1. The SMILES string of the molecule is CN(CC1CCN(c2nc3c(F)cc(F)cc3s2)CC1)C(=O)C1CCOC1. The number of anilines is 1. The normalized spacial score (nSPS) is 21.1. The third-order valence-electron chi connectivity index (χ3n) is 5.47. The number of hydrogen-bond donors (Lipinski definition) is 0. The molecular formula is C19H23F2N3O2S. The molecule has 2 fully saturated rings. The topological polar surface area (TPSA) is 45.7 Å². The van der Waals surface area contributed by atoms with Gasteiger partial charge in [-0.05, 0) is 31.2 Å². The highest BCUT2D eigenvalue weighted by atomic mass is 32.1. The van der Waals surface area contributed by atoms with E-state index in [2.05, 4.69) is 9.88 Å². The van der Waals surface area contributed by atoms with E-state index in [9.17, 15) is 13.6 Å². The van der Waals surface area contributed by atoms with Crippen molar-refractivity contribution in [1.29, 1.82) is 0 Å². The van der Waals surface area contributed by atoms with Gasteiger partial charge in [0.25, 0.3) is 0 Å². The first kappa shape index (κ1) is 18.6. The van der Waals surface area contributed by atoms with E-state index in [-0.39, 0.29) is 17.3 Å². The third kappa shape index (κ3) is 3.91. The molecule has 27 heavy (non-hydrogen) atoms. The first-order chi connectivity index (χ1) is 13.0. The quantitative estimate of drug-likeness (QED) is 0.797. The molecule has 1 aromatic carbocycles. The van der Waals surface area contributed by atoms with E-state index in [1.54, 1.807) is 0 Å². The van der Waals surface area contributed by atoms with E-state index < -0.39 is 11.6 Å². The number of carbonyl (C=O) groups is 1. The van der Waals surface area contributed by atoms with Crippen molar-refractivity contribution in [2.45, 2.75) is 19.3 Å². The lowest BCUT2D eigenvalue weighted by molar-refractivity contribution is -0.134. The zero-order valence-corrected chi connectivity index (χ0v) is 16.1. The summed E-state index contributed by atoms with van der Waals surface area (Å²) in [6.45, 7) is 3.58. The highest BCUT2D eigenvalue weighted by molar-refractivity contribution is 7.22. The van der Waals surface area contributed by atoms with Crippen LogP contribution in [0.25, 0.3) is 10.2 Å². The standard InChI is InChI=1S/C19H23F2N3O2S/c1-23(18(25)13-4-7-26-11-13)10-12-2-5-24(6-3-12)19-22-17-15(21)8-14(20)9-16(17)27-19/h8-9,12-13H,2-7,10-11H2,1H3. The van der Waals surface area contributed by atoms with Crippen LogP contribution in [0.2, 0.25) is 0 Å². The van der Waals surface area contributed by atoms with E-state index in [1.807, 2.05) is 11.9 Å². The highest BCUT2D eigenvalue weighted by Crippen LogP contribution is 2.33. The van der Waals surface area contributed by atoms with Gasteiger partial charge in [-0.25, -0.2) is 13.8 Å². The van der Waals surface area contributed by atoms with Crippen molar-refractivity contribution < 1.29 is 18.3 Å². The molecule has 0 aliphatic carbocycles. The summed E-state index contributed by atoms with van der Waals surface area (Å²) in [4.78, 5) is 20.8. The summed E-state index contributed by atoms with van der Waals surface area (Å²) in [6, 6.07) is 2.21. The summed E-state index contributed by atoms with van der Waals surface area (Å²) in [5, 5.41) is 0.737. The average molecular weight is 395 g/mol. The third-order valence-corrected chi connectivity index (χ3v) is 6.54. The molecule has 4 rings (SSSR count). The Bertz CT molecular complexity index is 830. The van der Waals surface area contributed by atoms with Crippen molar-refractivity contribution in [3.8, 4) is 0 Å². The second kappa shape index (κ2) is 7.67. The van der Waals surface area contributed by atoms with E-state index in [0.717, 1.165) is 50.1 Å². The monoisotopic (exact) mass is 395 g/mol. The predicted octanol–water partition coefficient (Wildman–Crippen LogP) is 3.29. The number of benzene rings is 1. The van der Waals surface area contributed by atoms with Crippen molar-refractivity contribution in [3.63, 3.8) is 0 Å². The molecule has 1 unspecified atom stereocenters. The number of nitrogens with zero attached hydrogens (tertiary/aromatic N) is 3. The molecule has 1 atom stereocenters. The zero-order valence-electron chi connectivity index (χ0n) is 15.3. The Morgan fingerprint density at radius 1 is 1.33 bits per heavy atom. The van der Waals surface area contributed by atoms with Gasteiger partial charge in [0.2, 0.25) is 5.91 Å². The number of rotatable bonds is 4. The summed E-state index contributed by atoms with van der Waals surface area (Å²) in [7, 11) is 1.87. The molecule has 0 radical (unpaired) electrons. The van der Waals surface area contributed by atoms with Crippen LogP contribution in [0.15, 0.2) is 12.1 Å². The first-order valence-electron chi connectivity index (χ1n) is 9.34. The average Bonchev–Trinajstić information content (AvgIpc) is 3.31. The Balaban J connectivity index is 1.35. The van der Waals surface area contributed by atoms with Crippen LogP contribution in [0.3, 0.4) is 0 Å². The molecule has 1 amide bonds. The molecule has 3 heterocycles. The van der Waals surface area contributed by atoms with Gasteiger partial charge in [-0.3, -0.25) is 4.79 Å². The summed E-state index contributed by atoms with van der Waals surface area (Å²) < 4.78 is 33.1. The van der Waals surface area contributed by atoms with Gasteiger partial charge in [-0.1, -0.05) is 11.3 Å². The molecule has 0 spiro atoms. The summed E-state index contributed by atoms with van der Waals surface area (Å²) in [6.07, 6.45) is 2.72. The van der Waals surface area contributed by atoms with Crippen molar-refractivity contribution >= 4 is 32.6 Å². The highest BCUT2D eigenvalue weighted by Gasteiger charge is 2.29. The van der Waals surface area contributed by atoms with Crippen LogP contribution in [0.4, 0.5) is 13.9 Å². The van der Waals surface area contributed by atoms with Crippen LogP contribution in [-0.2, 0) is 9.53 Å². The predicted molar refractivity (Wildman–Crippen MR) is 101 cm³/mol. The lowest BCUT2D eigenvalue weighted by Crippen LogP contribution is -2.41. The maximum absolute atomic E-state index is 13.9. The fraction of sp³-hybridized carbons (Fsp3) is 0.579. The van der Waals surface area contributed by atoms with Gasteiger partial charge >= 0.3 is 0 Å². The van der Waals surface area contributed by atoms with Gasteiger partial charge in [-0.15, -0.1) is 0 Å². The van der Waals surface area contributed by atoms with Gasteiger partial charge in [0, 0.05) is 39.4 Å². The van der Waals surface area contributed by atoms with Crippen LogP contribution in [0.1, 0.15) is 19.3 Å².